The van der Waals surface area contributed by atoms with Crippen LogP contribution in [0.3, 0.4) is 0 Å². The number of nitrogens with two attached hydrogens (primary N) is 1. The fourth-order valence-corrected chi connectivity index (χ4v) is 3.57. The van der Waals surface area contributed by atoms with E-state index in [1.54, 1.807) is 11.8 Å². The van der Waals surface area contributed by atoms with Crippen LogP contribution in [0.4, 0.5) is 0 Å². The third-order valence-corrected chi connectivity index (χ3v) is 5.09. The van der Waals surface area contributed by atoms with Crippen LogP contribution in [0, 0.1) is 6.92 Å². The van der Waals surface area contributed by atoms with Crippen LogP contribution in [0.5, 0.6) is 0 Å². The van der Waals surface area contributed by atoms with E-state index >= 15 is 0 Å². The number of hydrogen-bond donors (Lipinski definition) is 1. The molecule has 0 fully saturated rings. The zero-order chi connectivity index (χ0) is 14.0. The Morgan fingerprint density at radius 3 is 2.74 bits per heavy atom. The van der Waals surface area contributed by atoms with Crippen LogP contribution in [0.15, 0.2) is 38.7 Å². The van der Waals surface area contributed by atoms with Gasteiger partial charge < -0.3 is 5.73 Å². The average molecular weight is 340 g/mol. The largest absolute Gasteiger partial charge is 0.328 e. The van der Waals surface area contributed by atoms with E-state index in [1.807, 2.05) is 37.7 Å². The summed E-state index contributed by atoms with van der Waals surface area (Å²) < 4.78 is 3.04. The first kappa shape index (κ1) is 14.6. The summed E-state index contributed by atoms with van der Waals surface area (Å²) in [5.41, 5.74) is 8.25. The maximum atomic E-state index is 5.94. The lowest BCUT2D eigenvalue weighted by molar-refractivity contribution is 0.677. The van der Waals surface area contributed by atoms with Crippen LogP contribution in [0.1, 0.15) is 18.2 Å². The molecule has 0 saturated heterocycles. The van der Waals surface area contributed by atoms with Crippen molar-refractivity contribution in [1.82, 2.24) is 9.78 Å². The van der Waals surface area contributed by atoms with Crippen molar-refractivity contribution in [3.8, 4) is 0 Å². The van der Waals surface area contributed by atoms with Crippen LogP contribution < -0.4 is 5.73 Å². The van der Waals surface area contributed by atoms with Gasteiger partial charge in [0, 0.05) is 28.0 Å². The van der Waals surface area contributed by atoms with Crippen LogP contribution in [-0.4, -0.2) is 15.8 Å². The predicted octanol–water partition coefficient (Wildman–Crippen LogP) is 3.53. The number of rotatable bonds is 4. The Morgan fingerprint density at radius 2 is 2.11 bits per heavy atom. The molecule has 1 heterocycles. The van der Waals surface area contributed by atoms with Gasteiger partial charge >= 0.3 is 0 Å². The Labute approximate surface area is 126 Å². The molecule has 0 aliphatic heterocycles. The molecular formula is C14H18BrN3S. The zero-order valence-corrected chi connectivity index (χ0v) is 13.8. The van der Waals surface area contributed by atoms with E-state index in [4.69, 9.17) is 5.73 Å². The summed E-state index contributed by atoms with van der Waals surface area (Å²) in [4.78, 5) is 1.19. The molecule has 2 N–H and O–H groups in total. The fourth-order valence-electron chi connectivity index (χ4n) is 2.00. The van der Waals surface area contributed by atoms with Gasteiger partial charge in [0.05, 0.1) is 5.69 Å². The SMILES string of the molecule is Cc1nn(C)c(Sc2ccccc2Br)c1CC(C)N. The maximum absolute atomic E-state index is 5.94. The lowest BCUT2D eigenvalue weighted by Crippen LogP contribution is -2.18. The molecule has 0 spiro atoms. The molecule has 0 aliphatic carbocycles. The summed E-state index contributed by atoms with van der Waals surface area (Å²) in [7, 11) is 1.98. The summed E-state index contributed by atoms with van der Waals surface area (Å²) in [5.74, 6) is 0. The number of aromatic nitrogens is 2. The van der Waals surface area contributed by atoms with Crippen molar-refractivity contribution in [2.24, 2.45) is 12.8 Å². The van der Waals surface area contributed by atoms with Crippen LogP contribution in [0.2, 0.25) is 0 Å². The van der Waals surface area contributed by atoms with E-state index in [0.717, 1.165) is 16.6 Å². The van der Waals surface area contributed by atoms with E-state index in [1.165, 1.54) is 15.5 Å². The number of aryl methyl sites for hydroxylation is 2. The van der Waals surface area contributed by atoms with Gasteiger partial charge in [0.15, 0.2) is 0 Å². The summed E-state index contributed by atoms with van der Waals surface area (Å²) in [5, 5.41) is 5.68. The van der Waals surface area contributed by atoms with Crippen molar-refractivity contribution in [1.29, 1.82) is 0 Å². The molecule has 5 heteroatoms. The second-order valence-corrected chi connectivity index (χ2v) is 6.59. The summed E-state index contributed by atoms with van der Waals surface area (Å²) in [6.45, 7) is 4.07. The topological polar surface area (TPSA) is 43.8 Å². The van der Waals surface area contributed by atoms with Gasteiger partial charge in [-0.25, -0.2) is 0 Å². The van der Waals surface area contributed by atoms with Gasteiger partial charge in [-0.05, 0) is 48.3 Å². The van der Waals surface area contributed by atoms with Crippen molar-refractivity contribution >= 4 is 27.7 Å². The van der Waals surface area contributed by atoms with Gasteiger partial charge in [0.25, 0.3) is 0 Å². The Balaban J connectivity index is 2.37. The van der Waals surface area contributed by atoms with E-state index < -0.39 is 0 Å². The Kier molecular flexibility index (Phi) is 4.71. The molecule has 2 aromatic rings. The molecule has 3 nitrogen and oxygen atoms in total. The van der Waals surface area contributed by atoms with Gasteiger partial charge in [0.2, 0.25) is 0 Å². The maximum Gasteiger partial charge on any atom is 0.102 e. The first-order valence-corrected chi connectivity index (χ1v) is 7.80. The molecule has 0 aliphatic rings. The minimum absolute atomic E-state index is 0.140. The van der Waals surface area contributed by atoms with E-state index in [0.29, 0.717) is 0 Å². The minimum Gasteiger partial charge on any atom is -0.328 e. The van der Waals surface area contributed by atoms with Gasteiger partial charge in [-0.3, -0.25) is 4.68 Å². The molecule has 1 aromatic carbocycles. The molecule has 1 unspecified atom stereocenters. The quantitative estimate of drug-likeness (QED) is 0.926. The Morgan fingerprint density at radius 1 is 1.42 bits per heavy atom. The molecule has 102 valence electrons. The van der Waals surface area contributed by atoms with Gasteiger partial charge in [-0.1, -0.05) is 23.9 Å². The summed E-state index contributed by atoms with van der Waals surface area (Å²) >= 11 is 5.31. The zero-order valence-electron chi connectivity index (χ0n) is 11.4. The number of benzene rings is 1. The monoisotopic (exact) mass is 339 g/mol. The van der Waals surface area contributed by atoms with Gasteiger partial charge in [-0.2, -0.15) is 5.10 Å². The first-order chi connectivity index (χ1) is 8.99. The third-order valence-electron chi connectivity index (χ3n) is 2.86. The van der Waals surface area contributed by atoms with Gasteiger partial charge in [-0.15, -0.1) is 0 Å². The molecular weight excluding hydrogens is 322 g/mol. The molecule has 0 amide bonds. The van der Waals surface area contributed by atoms with Gasteiger partial charge in [0.1, 0.15) is 5.03 Å². The Hall–Kier alpha value is -0.780. The molecule has 0 saturated carbocycles. The Bertz CT molecular complexity index is 578. The fraction of sp³-hybridized carbons (Fsp3) is 0.357. The highest BCUT2D eigenvalue weighted by atomic mass is 79.9. The van der Waals surface area contributed by atoms with Crippen LogP contribution in [0.25, 0.3) is 0 Å². The highest BCUT2D eigenvalue weighted by Crippen LogP contribution is 2.36. The van der Waals surface area contributed by atoms with Crippen molar-refractivity contribution in [2.45, 2.75) is 36.2 Å². The van der Waals surface area contributed by atoms with Crippen molar-refractivity contribution in [3.05, 3.63) is 40.0 Å². The van der Waals surface area contributed by atoms with E-state index in [9.17, 15) is 0 Å². The molecule has 0 bridgehead atoms. The lowest BCUT2D eigenvalue weighted by atomic mass is 10.1. The minimum atomic E-state index is 0.140. The summed E-state index contributed by atoms with van der Waals surface area (Å²) in [6, 6.07) is 8.36. The third kappa shape index (κ3) is 3.41. The van der Waals surface area contributed by atoms with Crippen LogP contribution >= 0.6 is 27.7 Å². The second-order valence-electron chi connectivity index (χ2n) is 4.71. The normalized spacial score (nSPS) is 12.7. The first-order valence-electron chi connectivity index (χ1n) is 6.19. The average Bonchev–Trinajstić information content (AvgIpc) is 2.58. The number of hydrogen-bond acceptors (Lipinski definition) is 3. The molecule has 19 heavy (non-hydrogen) atoms. The molecule has 0 radical (unpaired) electrons. The molecule has 1 aromatic heterocycles. The van der Waals surface area contributed by atoms with Crippen molar-refractivity contribution in [3.63, 3.8) is 0 Å². The second kappa shape index (κ2) is 6.11. The lowest BCUT2D eigenvalue weighted by Gasteiger charge is -2.09. The standard InChI is InChI=1S/C14H18BrN3S/c1-9(16)8-11-10(2)17-18(3)14(11)19-13-7-5-4-6-12(13)15/h4-7,9H,8,16H2,1-3H3. The molecule has 2 rings (SSSR count). The number of nitrogens with zero attached hydrogens (tertiary/aromatic N) is 2. The van der Waals surface area contributed by atoms with E-state index in [-0.39, 0.29) is 6.04 Å². The number of halogens is 1. The van der Waals surface area contributed by atoms with Crippen molar-refractivity contribution < 1.29 is 0 Å². The van der Waals surface area contributed by atoms with E-state index in [2.05, 4.69) is 33.2 Å². The highest BCUT2D eigenvalue weighted by Gasteiger charge is 2.16. The highest BCUT2D eigenvalue weighted by molar-refractivity contribution is 9.10. The van der Waals surface area contributed by atoms with Crippen LogP contribution in [-0.2, 0) is 13.5 Å². The summed E-state index contributed by atoms with van der Waals surface area (Å²) in [6.07, 6.45) is 0.854. The van der Waals surface area contributed by atoms with Crippen molar-refractivity contribution in [2.75, 3.05) is 0 Å². The predicted molar refractivity (Wildman–Crippen MR) is 83.6 cm³/mol. The smallest absolute Gasteiger partial charge is 0.102 e. The molecule has 1 atom stereocenters.